The van der Waals surface area contributed by atoms with Crippen LogP contribution in [0.3, 0.4) is 0 Å². The Kier molecular flexibility index (Phi) is 7.48. The summed E-state index contributed by atoms with van der Waals surface area (Å²) in [5, 5.41) is 2.75. The van der Waals surface area contributed by atoms with Crippen LogP contribution in [0.25, 0.3) is 0 Å². The van der Waals surface area contributed by atoms with Crippen molar-refractivity contribution in [2.75, 3.05) is 18.4 Å². The highest BCUT2D eigenvalue weighted by molar-refractivity contribution is 6.31. The molecule has 1 aliphatic carbocycles. The van der Waals surface area contributed by atoms with Crippen LogP contribution in [0.2, 0.25) is 5.02 Å². The number of nitrogens with one attached hydrogen (secondary N) is 1. The highest BCUT2D eigenvalue weighted by Crippen LogP contribution is 2.30. The first-order chi connectivity index (χ1) is 12.4. The summed E-state index contributed by atoms with van der Waals surface area (Å²) in [4.78, 5) is 27.0. The second-order valence-corrected chi connectivity index (χ2v) is 7.81. The molecule has 1 aromatic rings. The maximum atomic E-state index is 13.2. The van der Waals surface area contributed by atoms with Crippen LogP contribution in [-0.4, -0.2) is 35.3 Å². The molecule has 1 heterocycles. The number of carbonyl (C=O) groups excluding carboxylic acids is 2. The lowest BCUT2D eigenvalue weighted by molar-refractivity contribution is -0.140. The SMILES string of the molecule is Cl.NC1(C(=O)N2CCC(C(=O)Nc3ccc(F)c(Cl)c3)CC2)CCCCC1. The molecule has 0 radical (unpaired) electrons. The minimum atomic E-state index is -0.724. The molecule has 1 aromatic carbocycles. The van der Waals surface area contributed by atoms with Crippen molar-refractivity contribution in [3.63, 3.8) is 0 Å². The Hall–Kier alpha value is -1.37. The minimum Gasteiger partial charge on any atom is -0.341 e. The molecule has 1 aliphatic heterocycles. The Labute approximate surface area is 170 Å². The Bertz CT molecular complexity index is 688. The number of nitrogens with two attached hydrogens (primary N) is 1. The lowest BCUT2D eigenvalue weighted by Crippen LogP contribution is -2.58. The average Bonchev–Trinajstić information content (AvgIpc) is 2.65. The summed E-state index contributed by atoms with van der Waals surface area (Å²) >= 11 is 5.74. The molecule has 5 nitrogen and oxygen atoms in total. The number of benzene rings is 1. The standard InChI is InChI=1S/C19H25ClFN3O2.ClH/c20-15-12-14(4-5-16(15)21)23-17(25)13-6-10-24(11-7-13)18(26)19(22)8-2-1-3-9-19;/h4-5,12-13H,1-3,6-11,22H2,(H,23,25);1H. The molecule has 2 fully saturated rings. The van der Waals surface area contributed by atoms with Crippen molar-refractivity contribution >= 4 is 41.5 Å². The van der Waals surface area contributed by atoms with E-state index in [0.29, 0.717) is 31.6 Å². The Balaban J connectivity index is 0.00000261. The van der Waals surface area contributed by atoms with Crippen molar-refractivity contribution in [1.82, 2.24) is 4.90 Å². The third-order valence-electron chi connectivity index (χ3n) is 5.51. The number of rotatable bonds is 3. The maximum Gasteiger partial charge on any atom is 0.242 e. The van der Waals surface area contributed by atoms with Gasteiger partial charge in [-0.1, -0.05) is 30.9 Å². The molecule has 3 rings (SSSR count). The van der Waals surface area contributed by atoms with Crippen molar-refractivity contribution in [2.24, 2.45) is 11.7 Å². The average molecular weight is 418 g/mol. The Morgan fingerprint density at radius 2 is 1.81 bits per heavy atom. The van der Waals surface area contributed by atoms with Gasteiger partial charge in [0.1, 0.15) is 5.82 Å². The molecule has 1 saturated carbocycles. The normalized spacial score (nSPS) is 19.9. The summed E-state index contributed by atoms with van der Waals surface area (Å²) in [6.45, 7) is 1.08. The Morgan fingerprint density at radius 1 is 1.19 bits per heavy atom. The van der Waals surface area contributed by atoms with Gasteiger partial charge in [-0.3, -0.25) is 9.59 Å². The molecule has 3 N–H and O–H groups in total. The van der Waals surface area contributed by atoms with E-state index < -0.39 is 11.4 Å². The van der Waals surface area contributed by atoms with Gasteiger partial charge in [0.2, 0.25) is 11.8 Å². The molecule has 2 aliphatic rings. The number of amides is 2. The summed E-state index contributed by atoms with van der Waals surface area (Å²) < 4.78 is 13.2. The molecule has 0 unspecified atom stereocenters. The fourth-order valence-electron chi connectivity index (χ4n) is 3.87. The van der Waals surface area contributed by atoms with Crippen molar-refractivity contribution in [2.45, 2.75) is 50.5 Å². The topological polar surface area (TPSA) is 75.4 Å². The number of hydrogen-bond acceptors (Lipinski definition) is 3. The summed E-state index contributed by atoms with van der Waals surface area (Å²) in [6.07, 6.45) is 5.84. The third-order valence-corrected chi connectivity index (χ3v) is 5.80. The second kappa shape index (κ2) is 9.22. The van der Waals surface area contributed by atoms with Crippen LogP contribution in [-0.2, 0) is 9.59 Å². The quantitative estimate of drug-likeness (QED) is 0.786. The van der Waals surface area contributed by atoms with Crippen molar-refractivity contribution < 1.29 is 14.0 Å². The number of anilines is 1. The maximum absolute atomic E-state index is 13.2. The van der Waals surface area contributed by atoms with Crippen LogP contribution in [0.1, 0.15) is 44.9 Å². The van der Waals surface area contributed by atoms with E-state index in [1.165, 1.54) is 18.2 Å². The zero-order chi connectivity index (χ0) is 18.7. The first-order valence-electron chi connectivity index (χ1n) is 9.23. The van der Waals surface area contributed by atoms with E-state index in [1.54, 1.807) is 0 Å². The van der Waals surface area contributed by atoms with Gasteiger partial charge in [-0.05, 0) is 43.9 Å². The van der Waals surface area contributed by atoms with Gasteiger partial charge in [-0.15, -0.1) is 12.4 Å². The van der Waals surface area contributed by atoms with E-state index in [0.717, 1.165) is 32.1 Å². The molecule has 0 atom stereocenters. The fourth-order valence-corrected chi connectivity index (χ4v) is 4.05. The highest BCUT2D eigenvalue weighted by atomic mass is 35.5. The molecular formula is C19H26Cl2FN3O2. The van der Waals surface area contributed by atoms with E-state index in [4.69, 9.17) is 17.3 Å². The van der Waals surface area contributed by atoms with Gasteiger partial charge in [-0.2, -0.15) is 0 Å². The first-order valence-corrected chi connectivity index (χ1v) is 9.61. The molecule has 8 heteroatoms. The first kappa shape index (κ1) is 21.9. The molecule has 0 spiro atoms. The molecule has 2 amide bonds. The van der Waals surface area contributed by atoms with E-state index in [-0.39, 0.29) is 35.2 Å². The highest BCUT2D eigenvalue weighted by Gasteiger charge is 2.39. The molecule has 27 heavy (non-hydrogen) atoms. The largest absolute Gasteiger partial charge is 0.341 e. The molecule has 0 aromatic heterocycles. The predicted octanol–water partition coefficient (Wildman–Crippen LogP) is 3.74. The van der Waals surface area contributed by atoms with Crippen LogP contribution in [0.4, 0.5) is 10.1 Å². The van der Waals surface area contributed by atoms with E-state index in [9.17, 15) is 14.0 Å². The number of likely N-dealkylation sites (tertiary alicyclic amines) is 1. The van der Waals surface area contributed by atoms with Gasteiger partial charge in [-0.25, -0.2) is 4.39 Å². The summed E-state index contributed by atoms with van der Waals surface area (Å²) in [6, 6.07) is 4.11. The summed E-state index contributed by atoms with van der Waals surface area (Å²) in [7, 11) is 0. The van der Waals surface area contributed by atoms with Crippen molar-refractivity contribution in [3.8, 4) is 0 Å². The zero-order valence-corrected chi connectivity index (χ0v) is 16.8. The number of halogens is 3. The van der Waals surface area contributed by atoms with E-state index in [2.05, 4.69) is 5.32 Å². The van der Waals surface area contributed by atoms with Crippen LogP contribution in [0, 0.1) is 11.7 Å². The number of hydrogen-bond donors (Lipinski definition) is 2. The van der Waals surface area contributed by atoms with Gasteiger partial charge < -0.3 is 16.0 Å². The summed E-state index contributed by atoms with van der Waals surface area (Å²) in [5.74, 6) is -0.792. The van der Waals surface area contributed by atoms with Crippen molar-refractivity contribution in [3.05, 3.63) is 29.0 Å². The van der Waals surface area contributed by atoms with Gasteiger partial charge in [0, 0.05) is 24.7 Å². The molecule has 0 bridgehead atoms. The lowest BCUT2D eigenvalue weighted by atomic mass is 9.81. The number of piperidine rings is 1. The summed E-state index contributed by atoms with van der Waals surface area (Å²) in [5.41, 5.74) is 6.09. The van der Waals surface area contributed by atoms with Gasteiger partial charge in [0.15, 0.2) is 0 Å². The molecular weight excluding hydrogens is 392 g/mol. The smallest absolute Gasteiger partial charge is 0.242 e. The van der Waals surface area contributed by atoms with Crippen LogP contribution in [0.15, 0.2) is 18.2 Å². The number of carbonyl (C=O) groups is 2. The molecule has 1 saturated heterocycles. The second-order valence-electron chi connectivity index (χ2n) is 7.40. The minimum absolute atomic E-state index is 0. The van der Waals surface area contributed by atoms with Gasteiger partial charge >= 0.3 is 0 Å². The van der Waals surface area contributed by atoms with Gasteiger partial charge in [0.05, 0.1) is 10.6 Å². The van der Waals surface area contributed by atoms with E-state index in [1.807, 2.05) is 4.90 Å². The third kappa shape index (κ3) is 5.12. The fraction of sp³-hybridized carbons (Fsp3) is 0.579. The molecule has 150 valence electrons. The predicted molar refractivity (Wildman–Crippen MR) is 107 cm³/mol. The number of nitrogens with zero attached hydrogens (tertiary/aromatic N) is 1. The zero-order valence-electron chi connectivity index (χ0n) is 15.2. The monoisotopic (exact) mass is 417 g/mol. The van der Waals surface area contributed by atoms with E-state index >= 15 is 0 Å². The van der Waals surface area contributed by atoms with Crippen LogP contribution in [0.5, 0.6) is 0 Å². The lowest BCUT2D eigenvalue weighted by Gasteiger charge is -2.39. The Morgan fingerprint density at radius 3 is 2.41 bits per heavy atom. The van der Waals surface area contributed by atoms with Crippen LogP contribution < -0.4 is 11.1 Å². The van der Waals surface area contributed by atoms with Crippen molar-refractivity contribution in [1.29, 1.82) is 0 Å². The van der Waals surface area contributed by atoms with Crippen LogP contribution >= 0.6 is 24.0 Å². The van der Waals surface area contributed by atoms with Gasteiger partial charge in [0.25, 0.3) is 0 Å².